The van der Waals surface area contributed by atoms with Gasteiger partial charge in [-0.3, -0.25) is 4.90 Å². The number of nitrogens with two attached hydrogens (primary N) is 1. The first-order chi connectivity index (χ1) is 12.5. The maximum Gasteiger partial charge on any atom is 0.243 e. The zero-order chi connectivity index (χ0) is 18.6. The topological polar surface area (TPSA) is 66.6 Å². The molecule has 140 valence electrons. The number of benzene rings is 2. The molecule has 1 aliphatic heterocycles. The van der Waals surface area contributed by atoms with Crippen molar-refractivity contribution < 1.29 is 8.42 Å². The van der Waals surface area contributed by atoms with E-state index in [1.165, 1.54) is 5.56 Å². The number of nitrogens with zero attached hydrogens (tertiary/aromatic N) is 2. The molecule has 2 aromatic rings. The van der Waals surface area contributed by atoms with Gasteiger partial charge in [0.2, 0.25) is 10.0 Å². The van der Waals surface area contributed by atoms with Crippen LogP contribution in [-0.2, 0) is 23.0 Å². The first-order valence-electron chi connectivity index (χ1n) is 9.15. The van der Waals surface area contributed by atoms with Crippen molar-refractivity contribution in [1.29, 1.82) is 0 Å². The van der Waals surface area contributed by atoms with E-state index in [1.807, 2.05) is 30.3 Å². The van der Waals surface area contributed by atoms with Crippen LogP contribution in [0.5, 0.6) is 0 Å². The van der Waals surface area contributed by atoms with Crippen molar-refractivity contribution in [3.05, 3.63) is 59.7 Å². The van der Waals surface area contributed by atoms with Crippen LogP contribution in [0.2, 0.25) is 0 Å². The highest BCUT2D eigenvalue weighted by molar-refractivity contribution is 7.89. The van der Waals surface area contributed by atoms with E-state index < -0.39 is 10.0 Å². The molecular weight excluding hydrogens is 346 g/mol. The Bertz CT molecular complexity index is 826. The zero-order valence-corrected chi connectivity index (χ0v) is 16.1. The molecule has 0 atom stereocenters. The first-order valence-corrected chi connectivity index (χ1v) is 10.6. The minimum absolute atomic E-state index is 0.390. The van der Waals surface area contributed by atoms with Gasteiger partial charge in [-0.1, -0.05) is 37.6 Å². The van der Waals surface area contributed by atoms with Gasteiger partial charge in [-0.25, -0.2) is 8.42 Å². The van der Waals surface area contributed by atoms with Gasteiger partial charge in [-0.2, -0.15) is 4.31 Å². The van der Waals surface area contributed by atoms with Crippen LogP contribution in [0.1, 0.15) is 24.5 Å². The molecule has 2 N–H and O–H groups in total. The average Bonchev–Trinajstić information content (AvgIpc) is 2.63. The first kappa shape index (κ1) is 18.9. The number of piperazine rings is 1. The summed E-state index contributed by atoms with van der Waals surface area (Å²) in [4.78, 5) is 2.66. The summed E-state index contributed by atoms with van der Waals surface area (Å²) in [6.45, 7) is 5.39. The molecule has 5 nitrogen and oxygen atoms in total. The highest BCUT2D eigenvalue weighted by atomic mass is 32.2. The molecule has 0 unspecified atom stereocenters. The predicted octanol–water partition coefficient (Wildman–Crippen LogP) is 2.73. The van der Waals surface area contributed by atoms with Crippen LogP contribution in [0.25, 0.3) is 0 Å². The average molecular weight is 374 g/mol. The Morgan fingerprint density at radius 3 is 2.27 bits per heavy atom. The third-order valence-corrected chi connectivity index (χ3v) is 6.70. The van der Waals surface area contributed by atoms with Crippen molar-refractivity contribution in [1.82, 2.24) is 9.21 Å². The molecule has 0 bridgehead atoms. The van der Waals surface area contributed by atoms with Gasteiger partial charge in [0.15, 0.2) is 0 Å². The highest BCUT2D eigenvalue weighted by Gasteiger charge is 2.28. The van der Waals surface area contributed by atoms with Gasteiger partial charge in [-0.15, -0.1) is 0 Å². The normalized spacial score (nSPS) is 16.7. The minimum Gasteiger partial charge on any atom is -0.399 e. The fourth-order valence-electron chi connectivity index (χ4n) is 3.34. The maximum atomic E-state index is 12.9. The quantitative estimate of drug-likeness (QED) is 0.791. The van der Waals surface area contributed by atoms with Crippen LogP contribution < -0.4 is 5.73 Å². The molecule has 1 heterocycles. The van der Waals surface area contributed by atoms with Crippen molar-refractivity contribution in [2.75, 3.05) is 31.9 Å². The number of sulfonamides is 1. The molecule has 2 aromatic carbocycles. The maximum absolute atomic E-state index is 12.9. The molecule has 0 aliphatic carbocycles. The second-order valence-corrected chi connectivity index (χ2v) is 8.76. The summed E-state index contributed by atoms with van der Waals surface area (Å²) in [7, 11) is -3.41. The SMILES string of the molecule is CCCc1ccc(S(=O)(=O)N2CCN(Cc3cccc(N)c3)CC2)cc1. The van der Waals surface area contributed by atoms with Crippen LogP contribution >= 0.6 is 0 Å². The second-order valence-electron chi connectivity index (χ2n) is 6.82. The van der Waals surface area contributed by atoms with E-state index in [-0.39, 0.29) is 0 Å². The fourth-order valence-corrected chi connectivity index (χ4v) is 4.77. The number of hydrogen-bond donors (Lipinski definition) is 1. The molecule has 1 aliphatic rings. The molecule has 3 rings (SSSR count). The van der Waals surface area contributed by atoms with Crippen molar-refractivity contribution in [3.63, 3.8) is 0 Å². The molecule has 1 fully saturated rings. The number of anilines is 1. The summed E-state index contributed by atoms with van der Waals surface area (Å²) in [5.41, 5.74) is 8.93. The smallest absolute Gasteiger partial charge is 0.243 e. The minimum atomic E-state index is -3.41. The Morgan fingerprint density at radius 2 is 1.65 bits per heavy atom. The molecule has 26 heavy (non-hydrogen) atoms. The summed E-state index contributed by atoms with van der Waals surface area (Å²) >= 11 is 0. The number of rotatable bonds is 6. The van der Waals surface area contributed by atoms with Crippen LogP contribution in [0.4, 0.5) is 5.69 Å². The lowest BCUT2D eigenvalue weighted by Gasteiger charge is -2.34. The number of hydrogen-bond acceptors (Lipinski definition) is 4. The van der Waals surface area contributed by atoms with E-state index in [4.69, 9.17) is 5.73 Å². The largest absolute Gasteiger partial charge is 0.399 e. The zero-order valence-electron chi connectivity index (χ0n) is 15.3. The van der Waals surface area contributed by atoms with Crippen LogP contribution in [0, 0.1) is 0 Å². The monoisotopic (exact) mass is 373 g/mol. The van der Waals surface area contributed by atoms with Gasteiger partial charge >= 0.3 is 0 Å². The van der Waals surface area contributed by atoms with Gasteiger partial charge < -0.3 is 5.73 Å². The second kappa shape index (κ2) is 8.20. The summed E-state index contributed by atoms with van der Waals surface area (Å²) in [5, 5.41) is 0. The molecule has 0 radical (unpaired) electrons. The Hall–Kier alpha value is -1.89. The standard InChI is InChI=1S/C20H27N3O2S/c1-2-4-17-7-9-20(10-8-17)26(24,25)23-13-11-22(12-14-23)16-18-5-3-6-19(21)15-18/h3,5-10,15H,2,4,11-14,16,21H2,1H3. The summed E-state index contributed by atoms with van der Waals surface area (Å²) in [5.74, 6) is 0. The molecule has 1 saturated heterocycles. The molecule has 6 heteroatoms. The van der Waals surface area contributed by atoms with Crippen LogP contribution in [-0.4, -0.2) is 43.8 Å². The Kier molecular flexibility index (Phi) is 5.96. The summed E-state index contributed by atoms with van der Waals surface area (Å²) in [6.07, 6.45) is 2.03. The Labute approximate surface area is 156 Å². The van der Waals surface area contributed by atoms with E-state index in [0.29, 0.717) is 18.0 Å². The van der Waals surface area contributed by atoms with Crippen molar-refractivity contribution in [2.45, 2.75) is 31.2 Å². The molecule has 0 saturated carbocycles. The molecule has 0 amide bonds. The fraction of sp³-hybridized carbons (Fsp3) is 0.400. The van der Waals surface area contributed by atoms with E-state index in [9.17, 15) is 8.42 Å². The highest BCUT2D eigenvalue weighted by Crippen LogP contribution is 2.20. The lowest BCUT2D eigenvalue weighted by Crippen LogP contribution is -2.48. The van der Waals surface area contributed by atoms with E-state index in [0.717, 1.165) is 43.7 Å². The van der Waals surface area contributed by atoms with Crippen LogP contribution in [0.15, 0.2) is 53.4 Å². The van der Waals surface area contributed by atoms with Gasteiger partial charge in [0.1, 0.15) is 0 Å². The van der Waals surface area contributed by atoms with Gasteiger partial charge in [0.05, 0.1) is 4.90 Å². The Balaban J connectivity index is 1.61. The van der Waals surface area contributed by atoms with E-state index in [2.05, 4.69) is 17.9 Å². The Morgan fingerprint density at radius 1 is 0.962 bits per heavy atom. The van der Waals surface area contributed by atoms with Gasteiger partial charge in [0.25, 0.3) is 0 Å². The third-order valence-electron chi connectivity index (χ3n) is 4.79. The number of nitrogen functional groups attached to an aromatic ring is 1. The van der Waals surface area contributed by atoms with Crippen molar-refractivity contribution >= 4 is 15.7 Å². The third kappa shape index (κ3) is 4.44. The van der Waals surface area contributed by atoms with Crippen molar-refractivity contribution in [3.8, 4) is 0 Å². The predicted molar refractivity (Wildman–Crippen MR) is 105 cm³/mol. The lowest BCUT2D eigenvalue weighted by atomic mass is 10.1. The van der Waals surface area contributed by atoms with Crippen LogP contribution in [0.3, 0.4) is 0 Å². The summed E-state index contributed by atoms with van der Waals surface area (Å²) in [6, 6.07) is 15.2. The van der Waals surface area contributed by atoms with Gasteiger partial charge in [-0.05, 0) is 41.8 Å². The molecule has 0 spiro atoms. The summed E-state index contributed by atoms with van der Waals surface area (Å²) < 4.78 is 27.3. The molecular formula is C20H27N3O2S. The van der Waals surface area contributed by atoms with E-state index >= 15 is 0 Å². The van der Waals surface area contributed by atoms with E-state index in [1.54, 1.807) is 16.4 Å². The van der Waals surface area contributed by atoms with Crippen molar-refractivity contribution in [2.24, 2.45) is 0 Å². The molecule has 0 aromatic heterocycles. The lowest BCUT2D eigenvalue weighted by molar-refractivity contribution is 0.181. The number of aryl methyl sites for hydroxylation is 1. The van der Waals surface area contributed by atoms with Gasteiger partial charge in [0, 0.05) is 38.4 Å².